The summed E-state index contributed by atoms with van der Waals surface area (Å²) in [5.74, 6) is -3.66. The molecule has 6 heteroatoms. The SMILES string of the molecule is O=C(Cc1cccc(F)c1F)CC(F)(F)F. The molecule has 0 spiro atoms. The van der Waals surface area contributed by atoms with Crippen LogP contribution < -0.4 is 0 Å². The van der Waals surface area contributed by atoms with E-state index < -0.39 is 36.4 Å². The Balaban J connectivity index is 2.74. The molecule has 0 fully saturated rings. The number of carbonyl (C=O) groups excluding carboxylic acids is 1. The minimum absolute atomic E-state index is 0.366. The van der Waals surface area contributed by atoms with Gasteiger partial charge < -0.3 is 0 Å². The van der Waals surface area contributed by atoms with E-state index in [2.05, 4.69) is 0 Å². The maximum Gasteiger partial charge on any atom is 0.395 e. The third-order valence-electron chi connectivity index (χ3n) is 1.82. The van der Waals surface area contributed by atoms with Crippen molar-refractivity contribution >= 4 is 5.78 Å². The number of benzene rings is 1. The Hall–Kier alpha value is -1.46. The Labute approximate surface area is 87.9 Å². The average Bonchev–Trinajstić information content (AvgIpc) is 2.09. The van der Waals surface area contributed by atoms with Gasteiger partial charge in [-0.05, 0) is 11.6 Å². The summed E-state index contributed by atoms with van der Waals surface area (Å²) in [7, 11) is 0. The van der Waals surface area contributed by atoms with Gasteiger partial charge in [-0.1, -0.05) is 12.1 Å². The molecule has 0 saturated heterocycles. The van der Waals surface area contributed by atoms with E-state index in [1.165, 1.54) is 0 Å². The van der Waals surface area contributed by atoms with E-state index in [1.807, 2.05) is 0 Å². The summed E-state index contributed by atoms with van der Waals surface area (Å²) in [6.07, 6.45) is -7.02. The van der Waals surface area contributed by atoms with Crippen molar-refractivity contribution in [1.82, 2.24) is 0 Å². The van der Waals surface area contributed by atoms with Gasteiger partial charge in [-0.3, -0.25) is 4.79 Å². The largest absolute Gasteiger partial charge is 0.395 e. The first kappa shape index (κ1) is 12.6. The Bertz CT molecular complexity index is 397. The van der Waals surface area contributed by atoms with E-state index in [1.54, 1.807) is 0 Å². The smallest absolute Gasteiger partial charge is 0.299 e. The lowest BCUT2D eigenvalue weighted by Gasteiger charge is -2.06. The Morgan fingerprint density at radius 2 is 1.81 bits per heavy atom. The molecule has 0 heterocycles. The van der Waals surface area contributed by atoms with Gasteiger partial charge in [0.15, 0.2) is 11.6 Å². The number of hydrogen-bond acceptors (Lipinski definition) is 1. The number of Topliss-reactive ketones (excluding diaryl/α,β-unsaturated/α-hetero) is 1. The minimum atomic E-state index is -4.62. The van der Waals surface area contributed by atoms with Gasteiger partial charge in [-0.2, -0.15) is 13.2 Å². The van der Waals surface area contributed by atoms with Crippen LogP contribution in [-0.2, 0) is 11.2 Å². The third kappa shape index (κ3) is 3.60. The van der Waals surface area contributed by atoms with Crippen LogP contribution in [0.15, 0.2) is 18.2 Å². The molecule has 0 aromatic heterocycles. The van der Waals surface area contributed by atoms with Crippen molar-refractivity contribution in [3.05, 3.63) is 35.4 Å². The van der Waals surface area contributed by atoms with Gasteiger partial charge in [0.05, 0.1) is 0 Å². The Kier molecular flexibility index (Phi) is 3.62. The molecular weight excluding hydrogens is 231 g/mol. The highest BCUT2D eigenvalue weighted by atomic mass is 19.4. The maximum absolute atomic E-state index is 13.0. The lowest BCUT2D eigenvalue weighted by Crippen LogP contribution is -2.17. The molecule has 0 radical (unpaired) electrons. The van der Waals surface area contributed by atoms with Crippen molar-refractivity contribution in [2.45, 2.75) is 19.0 Å². The molecule has 1 aromatic rings. The topological polar surface area (TPSA) is 17.1 Å². The molecule has 88 valence electrons. The average molecular weight is 238 g/mol. The second-order valence-corrected chi connectivity index (χ2v) is 3.22. The molecule has 1 aromatic carbocycles. The van der Waals surface area contributed by atoms with Crippen molar-refractivity contribution in [1.29, 1.82) is 0 Å². The number of halogens is 5. The Morgan fingerprint density at radius 1 is 1.19 bits per heavy atom. The summed E-state index contributed by atoms with van der Waals surface area (Å²) in [5.41, 5.74) is -0.366. The molecule has 0 amide bonds. The number of hydrogen-bond donors (Lipinski definition) is 0. The van der Waals surface area contributed by atoms with Gasteiger partial charge >= 0.3 is 6.18 Å². The van der Waals surface area contributed by atoms with Crippen LogP contribution in [0, 0.1) is 11.6 Å². The lowest BCUT2D eigenvalue weighted by molar-refractivity contribution is -0.151. The molecule has 1 rings (SSSR count). The molecule has 0 bridgehead atoms. The zero-order chi connectivity index (χ0) is 12.3. The highest BCUT2D eigenvalue weighted by Gasteiger charge is 2.31. The molecule has 0 unspecified atom stereocenters. The normalized spacial score (nSPS) is 11.6. The predicted molar refractivity (Wildman–Crippen MR) is 45.7 cm³/mol. The van der Waals surface area contributed by atoms with Crippen LogP contribution in [0.2, 0.25) is 0 Å². The quantitative estimate of drug-likeness (QED) is 0.740. The first-order chi connectivity index (χ1) is 7.29. The summed E-state index contributed by atoms with van der Waals surface area (Å²) in [6, 6.07) is 3.04. The first-order valence-electron chi connectivity index (χ1n) is 4.31. The van der Waals surface area contributed by atoms with Crippen molar-refractivity contribution in [2.75, 3.05) is 0 Å². The molecule has 0 aliphatic carbocycles. The van der Waals surface area contributed by atoms with Crippen LogP contribution in [0.1, 0.15) is 12.0 Å². The highest BCUT2D eigenvalue weighted by Crippen LogP contribution is 2.21. The van der Waals surface area contributed by atoms with Crippen LogP contribution >= 0.6 is 0 Å². The molecule has 16 heavy (non-hydrogen) atoms. The maximum atomic E-state index is 13.0. The standard InChI is InChI=1S/C10H7F5O/c11-8-3-1-2-6(9(8)12)4-7(16)5-10(13,14)15/h1-3H,4-5H2. The molecule has 0 N–H and O–H groups in total. The second-order valence-electron chi connectivity index (χ2n) is 3.22. The fourth-order valence-electron chi connectivity index (χ4n) is 1.18. The van der Waals surface area contributed by atoms with Crippen LogP contribution in [0.5, 0.6) is 0 Å². The van der Waals surface area contributed by atoms with Crippen molar-refractivity contribution in [2.24, 2.45) is 0 Å². The predicted octanol–water partition coefficient (Wildman–Crippen LogP) is 3.03. The molecule has 1 nitrogen and oxygen atoms in total. The van der Waals surface area contributed by atoms with Crippen molar-refractivity contribution < 1.29 is 26.7 Å². The van der Waals surface area contributed by atoms with E-state index >= 15 is 0 Å². The Morgan fingerprint density at radius 3 is 2.38 bits per heavy atom. The number of alkyl halides is 3. The van der Waals surface area contributed by atoms with Crippen LogP contribution in [0.25, 0.3) is 0 Å². The summed E-state index contributed by atoms with van der Waals surface area (Å²) in [6.45, 7) is 0. The molecule has 0 atom stereocenters. The van der Waals surface area contributed by atoms with Gasteiger partial charge in [-0.25, -0.2) is 8.78 Å². The summed E-state index contributed by atoms with van der Waals surface area (Å²) >= 11 is 0. The highest BCUT2D eigenvalue weighted by molar-refractivity contribution is 5.81. The summed E-state index contributed by atoms with van der Waals surface area (Å²) in [4.78, 5) is 10.9. The number of ketones is 1. The second kappa shape index (κ2) is 4.59. The molecule has 0 aliphatic rings. The number of rotatable bonds is 3. The lowest BCUT2D eigenvalue weighted by atomic mass is 10.1. The molecule has 0 saturated carbocycles. The van der Waals surface area contributed by atoms with Gasteiger partial charge in [0.2, 0.25) is 0 Å². The third-order valence-corrected chi connectivity index (χ3v) is 1.82. The molecular formula is C10H7F5O. The van der Waals surface area contributed by atoms with Gasteiger partial charge in [0.1, 0.15) is 12.2 Å². The zero-order valence-electron chi connectivity index (χ0n) is 7.94. The summed E-state index contributed by atoms with van der Waals surface area (Å²) < 4.78 is 61.0. The van der Waals surface area contributed by atoms with E-state index in [0.29, 0.717) is 0 Å². The van der Waals surface area contributed by atoms with Crippen molar-refractivity contribution in [3.8, 4) is 0 Å². The van der Waals surface area contributed by atoms with Gasteiger partial charge in [-0.15, -0.1) is 0 Å². The van der Waals surface area contributed by atoms with Crippen molar-refractivity contribution in [3.63, 3.8) is 0 Å². The van der Waals surface area contributed by atoms with Gasteiger partial charge in [0.25, 0.3) is 0 Å². The monoisotopic (exact) mass is 238 g/mol. The first-order valence-corrected chi connectivity index (χ1v) is 4.31. The summed E-state index contributed by atoms with van der Waals surface area (Å²) in [5, 5.41) is 0. The van der Waals surface area contributed by atoms with Gasteiger partial charge in [0, 0.05) is 6.42 Å². The minimum Gasteiger partial charge on any atom is -0.299 e. The number of carbonyl (C=O) groups is 1. The van der Waals surface area contributed by atoms with E-state index in [4.69, 9.17) is 0 Å². The fourth-order valence-corrected chi connectivity index (χ4v) is 1.18. The zero-order valence-corrected chi connectivity index (χ0v) is 7.94. The van der Waals surface area contributed by atoms with E-state index in [-0.39, 0.29) is 5.56 Å². The van der Waals surface area contributed by atoms with Crippen LogP contribution in [0.3, 0.4) is 0 Å². The van der Waals surface area contributed by atoms with Crippen LogP contribution in [0.4, 0.5) is 22.0 Å². The van der Waals surface area contributed by atoms with Crippen LogP contribution in [-0.4, -0.2) is 12.0 Å². The molecule has 0 aliphatic heterocycles. The fraction of sp³-hybridized carbons (Fsp3) is 0.300. The van der Waals surface area contributed by atoms with E-state index in [9.17, 15) is 26.7 Å². The van der Waals surface area contributed by atoms with E-state index in [0.717, 1.165) is 18.2 Å².